The minimum Gasteiger partial charge on any atom is -0.331 e. The van der Waals surface area contributed by atoms with E-state index in [0.717, 1.165) is 0 Å². The number of halogens is 3. The topological polar surface area (TPSA) is 35.6 Å². The Labute approximate surface area is 110 Å². The Hall–Kier alpha value is -0.980. The molecule has 1 saturated carbocycles. The number of nitrogens with one attached hydrogen (secondary N) is 1. The first-order chi connectivity index (χ1) is 8.75. The van der Waals surface area contributed by atoms with Gasteiger partial charge in [-0.05, 0) is 25.7 Å². The lowest BCUT2D eigenvalue weighted by molar-refractivity contribution is -0.168. The fourth-order valence-corrected chi connectivity index (χ4v) is 2.52. The van der Waals surface area contributed by atoms with Crippen LogP contribution < -0.4 is 5.32 Å². The second-order valence-corrected chi connectivity index (χ2v) is 5.66. The molecular formula is C12H20F3N3O. The summed E-state index contributed by atoms with van der Waals surface area (Å²) in [5.41, 5.74) is -1.65. The highest BCUT2D eigenvalue weighted by Gasteiger charge is 2.63. The van der Waals surface area contributed by atoms with Crippen molar-refractivity contribution in [3.63, 3.8) is 0 Å². The molecule has 2 aliphatic rings. The van der Waals surface area contributed by atoms with E-state index in [-0.39, 0.29) is 24.9 Å². The van der Waals surface area contributed by atoms with Crippen molar-refractivity contribution in [3.05, 3.63) is 0 Å². The molecule has 0 aromatic heterocycles. The average molecular weight is 279 g/mol. The minimum atomic E-state index is -4.16. The van der Waals surface area contributed by atoms with E-state index in [4.69, 9.17) is 0 Å². The number of alkyl halides is 3. The molecule has 2 amide bonds. The number of nitrogens with zero attached hydrogens (tertiary/aromatic N) is 2. The van der Waals surface area contributed by atoms with Gasteiger partial charge in [0, 0.05) is 33.2 Å². The number of piperidine rings is 1. The van der Waals surface area contributed by atoms with E-state index in [1.807, 2.05) is 0 Å². The van der Waals surface area contributed by atoms with Gasteiger partial charge in [-0.1, -0.05) is 0 Å². The highest BCUT2D eigenvalue weighted by molar-refractivity contribution is 5.73. The molecule has 2 fully saturated rings. The first kappa shape index (κ1) is 14.4. The second-order valence-electron chi connectivity index (χ2n) is 5.66. The molecular weight excluding hydrogens is 259 g/mol. The Balaban J connectivity index is 1.83. The first-order valence-corrected chi connectivity index (χ1v) is 6.56. The van der Waals surface area contributed by atoms with Crippen LogP contribution in [0.15, 0.2) is 0 Å². The Kier molecular flexibility index (Phi) is 3.68. The van der Waals surface area contributed by atoms with Crippen LogP contribution in [0.2, 0.25) is 0 Å². The summed E-state index contributed by atoms with van der Waals surface area (Å²) in [5, 5.41) is 2.76. The molecule has 0 radical (unpaired) electrons. The van der Waals surface area contributed by atoms with Crippen LogP contribution in [0.25, 0.3) is 0 Å². The van der Waals surface area contributed by atoms with Gasteiger partial charge in [-0.15, -0.1) is 0 Å². The molecule has 0 atom stereocenters. The normalized spacial score (nSPS) is 23.3. The minimum absolute atomic E-state index is 0.0737. The molecule has 0 unspecified atom stereocenters. The van der Waals surface area contributed by atoms with Crippen LogP contribution in [0.5, 0.6) is 0 Å². The van der Waals surface area contributed by atoms with E-state index in [1.54, 1.807) is 19.0 Å². The zero-order chi connectivity index (χ0) is 14.3. The molecule has 0 spiro atoms. The summed E-state index contributed by atoms with van der Waals surface area (Å²) in [6, 6.07) is -0.217. The lowest BCUT2D eigenvalue weighted by Crippen LogP contribution is -2.54. The van der Waals surface area contributed by atoms with Crippen LogP contribution in [0.3, 0.4) is 0 Å². The van der Waals surface area contributed by atoms with Gasteiger partial charge in [0.05, 0.1) is 0 Å². The maximum atomic E-state index is 12.8. The lowest BCUT2D eigenvalue weighted by atomic mass is 10.0. The SMILES string of the molecule is CN(C)C(=O)N1CCC(NC2(C(F)(F)F)CC2)CC1. The largest absolute Gasteiger partial charge is 0.406 e. The third-order valence-corrected chi connectivity index (χ3v) is 3.92. The number of likely N-dealkylation sites (tertiary alicyclic amines) is 1. The summed E-state index contributed by atoms with van der Waals surface area (Å²) < 4.78 is 38.5. The molecule has 2 rings (SSSR count). The van der Waals surface area contributed by atoms with Crippen molar-refractivity contribution >= 4 is 6.03 Å². The van der Waals surface area contributed by atoms with Crippen molar-refractivity contribution in [2.24, 2.45) is 0 Å². The van der Waals surface area contributed by atoms with Gasteiger partial charge in [-0.2, -0.15) is 13.2 Å². The molecule has 0 aromatic rings. The summed E-state index contributed by atoms with van der Waals surface area (Å²) in [4.78, 5) is 14.9. The molecule has 4 nitrogen and oxygen atoms in total. The van der Waals surface area contributed by atoms with Crippen LogP contribution >= 0.6 is 0 Å². The Morgan fingerprint density at radius 1 is 1.26 bits per heavy atom. The summed E-state index contributed by atoms with van der Waals surface area (Å²) in [7, 11) is 3.35. The fraction of sp³-hybridized carbons (Fsp3) is 0.917. The maximum Gasteiger partial charge on any atom is 0.406 e. The van der Waals surface area contributed by atoms with Crippen molar-refractivity contribution in [2.75, 3.05) is 27.2 Å². The van der Waals surface area contributed by atoms with Crippen LogP contribution in [-0.2, 0) is 0 Å². The number of rotatable bonds is 2. The molecule has 19 heavy (non-hydrogen) atoms. The van der Waals surface area contributed by atoms with Gasteiger partial charge in [0.1, 0.15) is 5.54 Å². The fourth-order valence-electron chi connectivity index (χ4n) is 2.52. The van der Waals surface area contributed by atoms with E-state index in [2.05, 4.69) is 5.32 Å². The molecule has 1 aliphatic heterocycles. The van der Waals surface area contributed by atoms with Crippen LogP contribution in [-0.4, -0.2) is 60.8 Å². The predicted octanol–water partition coefficient (Wildman–Crippen LogP) is 1.82. The van der Waals surface area contributed by atoms with Crippen molar-refractivity contribution < 1.29 is 18.0 Å². The van der Waals surface area contributed by atoms with Crippen molar-refractivity contribution in [3.8, 4) is 0 Å². The van der Waals surface area contributed by atoms with Gasteiger partial charge in [0.2, 0.25) is 0 Å². The van der Waals surface area contributed by atoms with Gasteiger partial charge in [0.15, 0.2) is 0 Å². The summed E-state index contributed by atoms with van der Waals surface area (Å²) in [5.74, 6) is 0. The number of amides is 2. The van der Waals surface area contributed by atoms with Crippen molar-refractivity contribution in [1.82, 2.24) is 15.1 Å². The molecule has 1 saturated heterocycles. The molecule has 0 aromatic carbocycles. The number of carbonyl (C=O) groups is 1. The molecule has 110 valence electrons. The van der Waals surface area contributed by atoms with E-state index in [0.29, 0.717) is 25.9 Å². The van der Waals surface area contributed by atoms with E-state index >= 15 is 0 Å². The van der Waals surface area contributed by atoms with Crippen molar-refractivity contribution in [1.29, 1.82) is 0 Å². The van der Waals surface area contributed by atoms with Gasteiger partial charge in [0.25, 0.3) is 0 Å². The first-order valence-electron chi connectivity index (χ1n) is 6.56. The molecule has 1 heterocycles. The summed E-state index contributed by atoms with van der Waals surface area (Å²) in [6.45, 7) is 1.03. The monoisotopic (exact) mass is 279 g/mol. The Morgan fingerprint density at radius 3 is 2.16 bits per heavy atom. The maximum absolute atomic E-state index is 12.8. The smallest absolute Gasteiger partial charge is 0.331 e. The average Bonchev–Trinajstić information content (AvgIpc) is 3.09. The molecule has 1 aliphatic carbocycles. The predicted molar refractivity (Wildman–Crippen MR) is 64.8 cm³/mol. The molecule has 7 heteroatoms. The third kappa shape index (κ3) is 2.96. The summed E-state index contributed by atoms with van der Waals surface area (Å²) >= 11 is 0. The lowest BCUT2D eigenvalue weighted by Gasteiger charge is -2.36. The highest BCUT2D eigenvalue weighted by Crippen LogP contribution is 2.49. The number of urea groups is 1. The quantitative estimate of drug-likeness (QED) is 0.837. The van der Waals surface area contributed by atoms with Crippen molar-refractivity contribution in [2.45, 2.75) is 43.4 Å². The van der Waals surface area contributed by atoms with E-state index in [1.165, 1.54) is 4.90 Å². The van der Waals surface area contributed by atoms with E-state index < -0.39 is 11.7 Å². The second kappa shape index (κ2) is 4.85. The van der Waals surface area contributed by atoms with Gasteiger partial charge < -0.3 is 15.1 Å². The Morgan fingerprint density at radius 2 is 1.79 bits per heavy atom. The van der Waals surface area contributed by atoms with Gasteiger partial charge >= 0.3 is 12.2 Å². The number of hydrogen-bond acceptors (Lipinski definition) is 2. The zero-order valence-corrected chi connectivity index (χ0v) is 11.3. The van der Waals surface area contributed by atoms with Crippen LogP contribution in [0.4, 0.5) is 18.0 Å². The zero-order valence-electron chi connectivity index (χ0n) is 11.3. The highest BCUT2D eigenvalue weighted by atomic mass is 19.4. The van der Waals surface area contributed by atoms with E-state index in [9.17, 15) is 18.0 Å². The number of hydrogen-bond donors (Lipinski definition) is 1. The third-order valence-electron chi connectivity index (χ3n) is 3.92. The van der Waals surface area contributed by atoms with Crippen LogP contribution in [0, 0.1) is 0 Å². The van der Waals surface area contributed by atoms with Gasteiger partial charge in [-0.25, -0.2) is 4.79 Å². The Bertz CT molecular complexity index is 345. The summed E-state index contributed by atoms with van der Waals surface area (Å²) in [6.07, 6.45) is -2.65. The standard InChI is InChI=1S/C12H20F3N3O/c1-17(2)10(19)18-7-3-9(4-8-18)16-11(5-6-11)12(13,14)15/h9,16H,3-8H2,1-2H3. The molecule has 1 N–H and O–H groups in total. The van der Waals surface area contributed by atoms with Crippen LogP contribution in [0.1, 0.15) is 25.7 Å². The molecule has 0 bridgehead atoms. The van der Waals surface area contributed by atoms with Gasteiger partial charge in [-0.3, -0.25) is 0 Å². The number of carbonyl (C=O) groups excluding carboxylic acids is 1.